The van der Waals surface area contributed by atoms with Gasteiger partial charge in [0.15, 0.2) is 0 Å². The highest BCUT2D eigenvalue weighted by Gasteiger charge is 2.36. The lowest BCUT2D eigenvalue weighted by atomic mass is 9.98. The molecule has 0 radical (unpaired) electrons. The van der Waals surface area contributed by atoms with Crippen LogP contribution >= 0.6 is 0 Å². The zero-order valence-corrected chi connectivity index (χ0v) is 19.0. The van der Waals surface area contributed by atoms with Gasteiger partial charge in [0.05, 0.1) is 0 Å². The van der Waals surface area contributed by atoms with Crippen molar-refractivity contribution in [1.29, 1.82) is 0 Å². The van der Waals surface area contributed by atoms with Gasteiger partial charge in [-0.3, -0.25) is 9.59 Å². The van der Waals surface area contributed by atoms with Gasteiger partial charge >= 0.3 is 12.1 Å². The van der Waals surface area contributed by atoms with Gasteiger partial charge in [0, 0.05) is 25.9 Å². The van der Waals surface area contributed by atoms with Gasteiger partial charge in [-0.05, 0) is 46.9 Å². The number of carboxylic acid groups (broad SMARTS) is 1. The molecule has 0 heterocycles. The molecule has 2 aromatic carbocycles. The van der Waals surface area contributed by atoms with Gasteiger partial charge in [-0.15, -0.1) is 0 Å². The normalized spacial score (nSPS) is 19.2. The minimum Gasteiger partial charge on any atom is -0.481 e. The number of alkyl carbamates (subject to hydrolysis) is 1. The van der Waals surface area contributed by atoms with Crippen molar-refractivity contribution >= 4 is 18.0 Å². The number of ether oxygens (including phenoxy) is 1. The molecule has 7 nitrogen and oxygen atoms in total. The number of nitrogens with zero attached hydrogens (tertiary/aromatic N) is 1. The second-order valence-electron chi connectivity index (χ2n) is 9.15. The molecule has 0 spiro atoms. The summed E-state index contributed by atoms with van der Waals surface area (Å²) in [5.41, 5.74) is 4.46. The molecule has 3 atom stereocenters. The Balaban J connectivity index is 1.40. The Morgan fingerprint density at radius 2 is 1.67 bits per heavy atom. The number of hydrogen-bond donors (Lipinski definition) is 2. The Labute approximate surface area is 193 Å². The number of aliphatic carboxylic acids is 1. The Bertz CT molecular complexity index is 1010. The van der Waals surface area contributed by atoms with Crippen LogP contribution in [0.25, 0.3) is 11.1 Å². The first-order chi connectivity index (χ1) is 15.8. The summed E-state index contributed by atoms with van der Waals surface area (Å²) in [6.07, 6.45) is 0.169. The second-order valence-corrected chi connectivity index (χ2v) is 9.15. The maximum atomic E-state index is 12.9. The van der Waals surface area contributed by atoms with Crippen LogP contribution in [0.4, 0.5) is 4.79 Å². The number of benzene rings is 2. The van der Waals surface area contributed by atoms with Crippen molar-refractivity contribution in [1.82, 2.24) is 10.2 Å². The van der Waals surface area contributed by atoms with Crippen molar-refractivity contribution in [3.63, 3.8) is 0 Å². The Hall–Kier alpha value is -3.35. The molecule has 1 fully saturated rings. The molecule has 174 valence electrons. The summed E-state index contributed by atoms with van der Waals surface area (Å²) >= 11 is 0. The van der Waals surface area contributed by atoms with Crippen LogP contribution in [0.15, 0.2) is 48.5 Å². The standard InChI is InChI=1S/C26H30N2O5/c1-16-13-17(16)14-28(2)25(31)23(11-12-24(29)30)27-26(32)33-15-22-20-9-5-3-7-18(20)19-8-4-6-10-21(19)22/h3-10,16-17,22-23H,11-15H2,1-2H3,(H,27,32)(H,29,30). The number of hydrogen-bond acceptors (Lipinski definition) is 4. The van der Waals surface area contributed by atoms with E-state index >= 15 is 0 Å². The molecule has 7 heteroatoms. The number of rotatable bonds is 9. The molecule has 2 aliphatic rings. The first-order valence-corrected chi connectivity index (χ1v) is 11.4. The van der Waals surface area contributed by atoms with Gasteiger partial charge in [0.2, 0.25) is 5.91 Å². The van der Waals surface area contributed by atoms with Crippen LogP contribution in [0.5, 0.6) is 0 Å². The van der Waals surface area contributed by atoms with E-state index in [1.54, 1.807) is 11.9 Å². The van der Waals surface area contributed by atoms with Crippen molar-refractivity contribution in [2.75, 3.05) is 20.2 Å². The minimum atomic E-state index is -1.01. The van der Waals surface area contributed by atoms with Crippen molar-refractivity contribution in [3.05, 3.63) is 59.7 Å². The number of carboxylic acids is 1. The van der Waals surface area contributed by atoms with Crippen LogP contribution in [0.2, 0.25) is 0 Å². The summed E-state index contributed by atoms with van der Waals surface area (Å²) in [7, 11) is 1.69. The summed E-state index contributed by atoms with van der Waals surface area (Å²) in [6, 6.07) is 15.2. The van der Waals surface area contributed by atoms with Crippen molar-refractivity contribution in [2.45, 2.75) is 38.1 Å². The van der Waals surface area contributed by atoms with Crippen molar-refractivity contribution in [3.8, 4) is 11.1 Å². The summed E-state index contributed by atoms with van der Waals surface area (Å²) in [5, 5.41) is 11.7. The minimum absolute atomic E-state index is 0.0168. The average molecular weight is 451 g/mol. The molecular weight excluding hydrogens is 420 g/mol. The molecule has 2 N–H and O–H groups in total. The molecule has 0 saturated heterocycles. The lowest BCUT2D eigenvalue weighted by Crippen LogP contribution is -2.48. The molecule has 1 saturated carbocycles. The average Bonchev–Trinajstić information content (AvgIpc) is 3.40. The van der Waals surface area contributed by atoms with Crippen molar-refractivity contribution < 1.29 is 24.2 Å². The summed E-state index contributed by atoms with van der Waals surface area (Å²) in [4.78, 5) is 38.2. The SMILES string of the molecule is CC1CC1CN(C)C(=O)C(CCC(=O)O)NC(=O)OCC1c2ccccc2-c2ccccc21. The summed E-state index contributed by atoms with van der Waals surface area (Å²) < 4.78 is 5.55. The molecule has 2 amide bonds. The van der Waals surface area contributed by atoms with E-state index in [2.05, 4.69) is 24.4 Å². The topological polar surface area (TPSA) is 95.9 Å². The summed E-state index contributed by atoms with van der Waals surface area (Å²) in [6.45, 7) is 2.88. The Morgan fingerprint density at radius 3 is 2.21 bits per heavy atom. The van der Waals surface area contributed by atoms with Crippen LogP contribution in [-0.2, 0) is 14.3 Å². The molecule has 0 aliphatic heterocycles. The van der Waals surface area contributed by atoms with E-state index < -0.39 is 18.1 Å². The Morgan fingerprint density at radius 1 is 1.09 bits per heavy atom. The van der Waals surface area contributed by atoms with E-state index in [1.807, 2.05) is 36.4 Å². The van der Waals surface area contributed by atoms with Gasteiger partial charge in [-0.1, -0.05) is 55.5 Å². The maximum absolute atomic E-state index is 12.9. The molecule has 2 aromatic rings. The van der Waals surface area contributed by atoms with Crippen LogP contribution < -0.4 is 5.32 Å². The van der Waals surface area contributed by atoms with E-state index in [0.717, 1.165) is 28.7 Å². The predicted octanol–water partition coefficient (Wildman–Crippen LogP) is 3.87. The van der Waals surface area contributed by atoms with Gasteiger partial charge in [-0.25, -0.2) is 4.79 Å². The van der Waals surface area contributed by atoms with Crippen molar-refractivity contribution in [2.24, 2.45) is 11.8 Å². The first kappa shape index (κ1) is 22.8. The Kier molecular flexibility index (Phi) is 6.67. The van der Waals surface area contributed by atoms with E-state index in [-0.39, 0.29) is 31.3 Å². The fourth-order valence-corrected chi connectivity index (χ4v) is 4.67. The van der Waals surface area contributed by atoms with E-state index in [9.17, 15) is 14.4 Å². The molecule has 0 aromatic heterocycles. The number of nitrogens with one attached hydrogen (secondary N) is 1. The fraction of sp³-hybridized carbons (Fsp3) is 0.423. The first-order valence-electron chi connectivity index (χ1n) is 11.4. The lowest BCUT2D eigenvalue weighted by molar-refractivity contribution is -0.137. The largest absolute Gasteiger partial charge is 0.481 e. The highest BCUT2D eigenvalue weighted by molar-refractivity contribution is 5.86. The zero-order chi connectivity index (χ0) is 23.5. The monoisotopic (exact) mass is 450 g/mol. The maximum Gasteiger partial charge on any atom is 0.407 e. The number of likely N-dealkylation sites (N-methyl/N-ethyl adjacent to an activating group) is 1. The number of amides is 2. The molecule has 3 unspecified atom stereocenters. The molecule has 2 aliphatic carbocycles. The molecule has 33 heavy (non-hydrogen) atoms. The van der Waals surface area contributed by atoms with Crippen LogP contribution in [0.1, 0.15) is 43.2 Å². The number of carbonyl (C=O) groups excluding carboxylic acids is 2. The van der Waals surface area contributed by atoms with E-state index in [4.69, 9.17) is 9.84 Å². The third-order valence-electron chi connectivity index (χ3n) is 6.74. The fourth-order valence-electron chi connectivity index (χ4n) is 4.67. The molecular formula is C26H30N2O5. The number of carbonyl (C=O) groups is 3. The van der Waals surface area contributed by atoms with Crippen LogP contribution in [0.3, 0.4) is 0 Å². The molecule has 0 bridgehead atoms. The summed E-state index contributed by atoms with van der Waals surface area (Å²) in [5.74, 6) is -0.332. The zero-order valence-electron chi connectivity index (χ0n) is 19.0. The second kappa shape index (κ2) is 9.65. The van der Waals surface area contributed by atoms with Gasteiger partial charge in [0.25, 0.3) is 0 Å². The predicted molar refractivity (Wildman–Crippen MR) is 124 cm³/mol. The van der Waals surface area contributed by atoms with Crippen LogP contribution in [-0.4, -0.2) is 54.2 Å². The highest BCUT2D eigenvalue weighted by Crippen LogP contribution is 2.44. The quantitative estimate of drug-likeness (QED) is 0.605. The smallest absolute Gasteiger partial charge is 0.407 e. The van der Waals surface area contributed by atoms with Crippen LogP contribution in [0, 0.1) is 11.8 Å². The van der Waals surface area contributed by atoms with Gasteiger partial charge in [-0.2, -0.15) is 0 Å². The van der Waals surface area contributed by atoms with Gasteiger partial charge in [0.1, 0.15) is 12.6 Å². The highest BCUT2D eigenvalue weighted by atomic mass is 16.5. The third-order valence-corrected chi connectivity index (χ3v) is 6.74. The number of fused-ring (bicyclic) bond motifs is 3. The van der Waals surface area contributed by atoms with Gasteiger partial charge < -0.3 is 20.1 Å². The van der Waals surface area contributed by atoms with E-state index in [1.165, 1.54) is 0 Å². The van der Waals surface area contributed by atoms with E-state index in [0.29, 0.717) is 18.4 Å². The lowest BCUT2D eigenvalue weighted by Gasteiger charge is -2.24. The molecule has 4 rings (SSSR count). The third kappa shape index (κ3) is 5.18.